The molecule has 128 valence electrons. The minimum absolute atomic E-state index is 0.0702. The predicted octanol–water partition coefficient (Wildman–Crippen LogP) is 3.98. The molecule has 0 bridgehead atoms. The van der Waals surface area contributed by atoms with Crippen molar-refractivity contribution in [2.45, 2.75) is 19.4 Å². The number of fused-ring (bicyclic) bond motifs is 1. The van der Waals surface area contributed by atoms with Crippen LogP contribution in [0.25, 0.3) is 6.08 Å². The summed E-state index contributed by atoms with van der Waals surface area (Å²) in [5.74, 6) is -0.741. The highest BCUT2D eigenvalue weighted by Crippen LogP contribution is 2.31. The number of rotatable bonds is 4. The van der Waals surface area contributed by atoms with Crippen LogP contribution in [0, 0.1) is 0 Å². The van der Waals surface area contributed by atoms with E-state index in [2.05, 4.69) is 15.9 Å². The van der Waals surface area contributed by atoms with Gasteiger partial charge >= 0.3 is 5.97 Å². The highest BCUT2D eigenvalue weighted by molar-refractivity contribution is 9.10. The molecule has 0 spiro atoms. The molecule has 0 fully saturated rings. The van der Waals surface area contributed by atoms with Crippen LogP contribution < -0.4 is 4.90 Å². The smallest absolute Gasteiger partial charge is 0.331 e. The largest absolute Gasteiger partial charge is 0.452 e. The van der Waals surface area contributed by atoms with Crippen molar-refractivity contribution in [3.05, 3.63) is 70.2 Å². The lowest BCUT2D eigenvalue weighted by Crippen LogP contribution is -2.38. The standard InChI is InChI=1S/C20H18BrNO3/c1-14-11-16-6-2-3-8-18(16)22(14)19(23)13-25-20(24)10-9-15-5-4-7-17(21)12-15/h2-10,12,14H,11,13H2,1H3. The zero-order valence-corrected chi connectivity index (χ0v) is 15.4. The van der Waals surface area contributed by atoms with Crippen molar-refractivity contribution in [3.63, 3.8) is 0 Å². The number of nitrogens with zero attached hydrogens (tertiary/aromatic N) is 1. The van der Waals surface area contributed by atoms with E-state index in [9.17, 15) is 9.59 Å². The lowest BCUT2D eigenvalue weighted by molar-refractivity contribution is -0.143. The molecule has 0 aromatic heterocycles. The number of hydrogen-bond acceptors (Lipinski definition) is 3. The van der Waals surface area contributed by atoms with E-state index < -0.39 is 5.97 Å². The third-order valence-electron chi connectivity index (χ3n) is 4.07. The minimum Gasteiger partial charge on any atom is -0.452 e. The number of hydrogen-bond donors (Lipinski definition) is 0. The zero-order valence-electron chi connectivity index (χ0n) is 13.8. The van der Waals surface area contributed by atoms with E-state index in [1.165, 1.54) is 6.08 Å². The topological polar surface area (TPSA) is 46.6 Å². The number of para-hydroxylation sites is 1. The average Bonchev–Trinajstić information content (AvgIpc) is 2.93. The second kappa shape index (κ2) is 7.66. The Hall–Kier alpha value is -2.40. The summed E-state index contributed by atoms with van der Waals surface area (Å²) in [7, 11) is 0. The van der Waals surface area contributed by atoms with Crippen LogP contribution in [-0.2, 0) is 20.7 Å². The van der Waals surface area contributed by atoms with Crippen molar-refractivity contribution < 1.29 is 14.3 Å². The fourth-order valence-electron chi connectivity index (χ4n) is 2.97. The second-order valence-corrected chi connectivity index (χ2v) is 6.86. The van der Waals surface area contributed by atoms with Gasteiger partial charge in [0.15, 0.2) is 6.61 Å². The van der Waals surface area contributed by atoms with Crippen LogP contribution >= 0.6 is 15.9 Å². The first-order chi connectivity index (χ1) is 12.0. The fourth-order valence-corrected chi connectivity index (χ4v) is 3.39. The van der Waals surface area contributed by atoms with Crippen molar-refractivity contribution in [1.82, 2.24) is 0 Å². The van der Waals surface area contributed by atoms with Crippen LogP contribution in [0.3, 0.4) is 0 Å². The van der Waals surface area contributed by atoms with Gasteiger partial charge in [0.25, 0.3) is 5.91 Å². The molecule has 0 saturated carbocycles. The van der Waals surface area contributed by atoms with Crippen LogP contribution in [0.5, 0.6) is 0 Å². The van der Waals surface area contributed by atoms with Gasteiger partial charge in [0.05, 0.1) is 0 Å². The quantitative estimate of drug-likeness (QED) is 0.576. The van der Waals surface area contributed by atoms with Gasteiger partial charge in [-0.3, -0.25) is 4.79 Å². The summed E-state index contributed by atoms with van der Waals surface area (Å²) in [6.07, 6.45) is 3.81. The van der Waals surface area contributed by atoms with E-state index in [4.69, 9.17) is 4.74 Å². The molecule has 1 unspecified atom stereocenters. The zero-order chi connectivity index (χ0) is 17.8. The molecule has 0 aliphatic carbocycles. The number of anilines is 1. The van der Waals surface area contributed by atoms with Crippen molar-refractivity contribution in [2.75, 3.05) is 11.5 Å². The molecule has 1 aliphatic rings. The van der Waals surface area contributed by atoms with E-state index in [1.54, 1.807) is 11.0 Å². The predicted molar refractivity (Wildman–Crippen MR) is 101 cm³/mol. The molecule has 25 heavy (non-hydrogen) atoms. The maximum Gasteiger partial charge on any atom is 0.331 e. The molecule has 3 rings (SSSR count). The third kappa shape index (κ3) is 4.17. The summed E-state index contributed by atoms with van der Waals surface area (Å²) in [5.41, 5.74) is 2.92. The maximum absolute atomic E-state index is 12.5. The number of esters is 1. The van der Waals surface area contributed by atoms with E-state index in [-0.39, 0.29) is 18.6 Å². The SMILES string of the molecule is CC1Cc2ccccc2N1C(=O)COC(=O)C=Cc1cccc(Br)c1. The highest BCUT2D eigenvalue weighted by Gasteiger charge is 2.30. The Bertz CT molecular complexity index is 831. The highest BCUT2D eigenvalue weighted by atomic mass is 79.9. The minimum atomic E-state index is -0.534. The normalized spacial score (nSPS) is 16.1. The number of carbonyl (C=O) groups excluding carboxylic acids is 2. The number of halogens is 1. The van der Waals surface area contributed by atoms with E-state index >= 15 is 0 Å². The molecule has 0 N–H and O–H groups in total. The summed E-state index contributed by atoms with van der Waals surface area (Å²) in [5, 5.41) is 0. The van der Waals surface area contributed by atoms with E-state index in [0.717, 1.165) is 27.7 Å². The lowest BCUT2D eigenvalue weighted by atomic mass is 10.1. The lowest BCUT2D eigenvalue weighted by Gasteiger charge is -2.22. The average molecular weight is 400 g/mol. The molecule has 1 atom stereocenters. The van der Waals surface area contributed by atoms with Crippen molar-refractivity contribution in [2.24, 2.45) is 0 Å². The molecule has 1 heterocycles. The Morgan fingerprint density at radius 1 is 1.24 bits per heavy atom. The Balaban J connectivity index is 1.58. The van der Waals surface area contributed by atoms with Gasteiger partial charge in [-0.05, 0) is 48.7 Å². The first-order valence-electron chi connectivity index (χ1n) is 8.05. The van der Waals surface area contributed by atoms with Gasteiger partial charge < -0.3 is 9.64 Å². The van der Waals surface area contributed by atoms with Crippen LogP contribution in [0.2, 0.25) is 0 Å². The number of benzene rings is 2. The van der Waals surface area contributed by atoms with Gasteiger partial charge in [0.1, 0.15) is 0 Å². The Kier molecular flexibility index (Phi) is 5.34. The van der Waals surface area contributed by atoms with Gasteiger partial charge in [0.2, 0.25) is 0 Å². The Labute approximate surface area is 155 Å². The molecule has 2 aromatic rings. The van der Waals surface area contributed by atoms with Crippen LogP contribution in [0.15, 0.2) is 59.1 Å². The number of ether oxygens (including phenoxy) is 1. The number of amides is 1. The summed E-state index contributed by atoms with van der Waals surface area (Å²) in [4.78, 5) is 26.0. The van der Waals surface area contributed by atoms with Gasteiger partial charge in [0, 0.05) is 22.3 Å². The molecule has 1 amide bonds. The number of carbonyl (C=O) groups is 2. The fraction of sp³-hybridized carbons (Fsp3) is 0.200. The summed E-state index contributed by atoms with van der Waals surface area (Å²) in [6.45, 7) is 1.73. The second-order valence-electron chi connectivity index (χ2n) is 5.94. The molecule has 5 heteroatoms. The van der Waals surface area contributed by atoms with Gasteiger partial charge in [-0.2, -0.15) is 0 Å². The van der Waals surface area contributed by atoms with Gasteiger partial charge in [-0.25, -0.2) is 4.79 Å². The molecule has 2 aromatic carbocycles. The van der Waals surface area contributed by atoms with E-state index in [0.29, 0.717) is 0 Å². The molecular weight excluding hydrogens is 382 g/mol. The first-order valence-corrected chi connectivity index (χ1v) is 8.84. The van der Waals surface area contributed by atoms with Crippen LogP contribution in [0.1, 0.15) is 18.1 Å². The Morgan fingerprint density at radius 2 is 2.04 bits per heavy atom. The van der Waals surface area contributed by atoms with Gasteiger partial charge in [-0.15, -0.1) is 0 Å². The van der Waals surface area contributed by atoms with Crippen molar-refractivity contribution in [3.8, 4) is 0 Å². The summed E-state index contributed by atoms with van der Waals surface area (Å²) in [6, 6.07) is 15.4. The monoisotopic (exact) mass is 399 g/mol. The third-order valence-corrected chi connectivity index (χ3v) is 4.57. The first kappa shape index (κ1) is 17.4. The van der Waals surface area contributed by atoms with Crippen molar-refractivity contribution >= 4 is 39.6 Å². The Morgan fingerprint density at radius 3 is 2.84 bits per heavy atom. The molecule has 1 aliphatic heterocycles. The molecule has 4 nitrogen and oxygen atoms in total. The van der Waals surface area contributed by atoms with Crippen LogP contribution in [0.4, 0.5) is 5.69 Å². The van der Waals surface area contributed by atoms with Gasteiger partial charge in [-0.1, -0.05) is 46.3 Å². The van der Waals surface area contributed by atoms with Crippen molar-refractivity contribution in [1.29, 1.82) is 0 Å². The van der Waals surface area contributed by atoms with Crippen LogP contribution in [-0.4, -0.2) is 24.5 Å². The molecular formula is C20H18BrNO3. The molecule has 0 radical (unpaired) electrons. The summed E-state index contributed by atoms with van der Waals surface area (Å²) < 4.78 is 6.03. The van der Waals surface area contributed by atoms with E-state index in [1.807, 2.05) is 55.5 Å². The molecule has 0 saturated heterocycles. The summed E-state index contributed by atoms with van der Waals surface area (Å²) >= 11 is 3.38. The maximum atomic E-state index is 12.5.